The average Bonchev–Trinajstić information content (AvgIpc) is 1.30. The topological polar surface area (TPSA) is 20.2 Å². The van der Waals surface area contributed by atoms with Crippen LogP contribution in [0.4, 0.5) is 4.39 Å². The largest absolute Gasteiger partial charge is 0.396 e. The van der Waals surface area contributed by atoms with E-state index in [2.05, 4.69) is 6.92 Å². The molecule has 1 N–H and O–H groups in total. The van der Waals surface area contributed by atoms with Gasteiger partial charge in [0.2, 0.25) is 0 Å². The monoisotopic (exact) mass is 105 g/mol. The van der Waals surface area contributed by atoms with Gasteiger partial charge in [0.1, 0.15) is 5.67 Å². The molecule has 2 heteroatoms. The molecule has 0 aliphatic heterocycles. The molecule has 0 spiro atoms. The minimum Gasteiger partial charge on any atom is -0.396 e. The highest BCUT2D eigenvalue weighted by Gasteiger charge is 2.12. The Morgan fingerprint density at radius 1 is 1.86 bits per heavy atom. The van der Waals surface area contributed by atoms with E-state index in [1.54, 1.807) is 0 Å². The molecule has 0 aromatic carbocycles. The fraction of sp³-hybridized carbons (Fsp3) is 0.800. The van der Waals surface area contributed by atoms with Gasteiger partial charge in [0.25, 0.3) is 0 Å². The predicted octanol–water partition coefficient (Wildman–Crippen LogP) is 0.931. The third kappa shape index (κ3) is 5.89. The summed E-state index contributed by atoms with van der Waals surface area (Å²) < 4.78 is 12.1. The van der Waals surface area contributed by atoms with Crippen LogP contribution in [0.25, 0.3) is 0 Å². The molecule has 1 unspecified atom stereocenters. The van der Waals surface area contributed by atoms with Crippen LogP contribution in [0.5, 0.6) is 0 Å². The van der Waals surface area contributed by atoms with Crippen LogP contribution in [0, 0.1) is 6.92 Å². The minimum atomic E-state index is -1.45. The van der Waals surface area contributed by atoms with Crippen LogP contribution in [0.15, 0.2) is 0 Å². The molecule has 0 aromatic heterocycles. The molecule has 0 heterocycles. The van der Waals surface area contributed by atoms with E-state index in [1.165, 1.54) is 6.92 Å². The lowest BCUT2D eigenvalue weighted by molar-refractivity contribution is 0.175. The van der Waals surface area contributed by atoms with Gasteiger partial charge in [0, 0.05) is 13.0 Å². The molecule has 0 saturated heterocycles. The Balaban J connectivity index is 3.15. The molecule has 0 fully saturated rings. The second-order valence-corrected chi connectivity index (χ2v) is 1.89. The van der Waals surface area contributed by atoms with Crippen LogP contribution >= 0.6 is 0 Å². The van der Waals surface area contributed by atoms with Crippen LogP contribution in [0.3, 0.4) is 0 Å². The van der Waals surface area contributed by atoms with Gasteiger partial charge in [-0.3, -0.25) is 0 Å². The standard InChI is InChI=1S/C5H10FO/c1-5(2,6)3-4-7/h7H,1,3-4H2,2H3. The Morgan fingerprint density at radius 2 is 2.29 bits per heavy atom. The van der Waals surface area contributed by atoms with Crippen LogP contribution < -0.4 is 0 Å². The fourth-order valence-corrected chi connectivity index (χ4v) is 0.233. The summed E-state index contributed by atoms with van der Waals surface area (Å²) in [4.78, 5) is 0. The molecule has 0 aliphatic rings. The summed E-state index contributed by atoms with van der Waals surface area (Å²) in [6.07, 6.45) is 0.118. The van der Waals surface area contributed by atoms with Crippen LogP contribution in [-0.2, 0) is 0 Å². The third-order valence-electron chi connectivity index (χ3n) is 0.633. The molecule has 43 valence electrons. The van der Waals surface area contributed by atoms with Gasteiger partial charge in [-0.2, -0.15) is 0 Å². The van der Waals surface area contributed by atoms with Crippen molar-refractivity contribution >= 4 is 0 Å². The second kappa shape index (κ2) is 2.26. The summed E-state index contributed by atoms with van der Waals surface area (Å²) in [7, 11) is 0. The molecule has 1 radical (unpaired) electrons. The maximum atomic E-state index is 12.1. The van der Waals surface area contributed by atoms with Gasteiger partial charge in [-0.1, -0.05) is 0 Å². The maximum Gasteiger partial charge on any atom is 0.110 e. The van der Waals surface area contributed by atoms with Crippen molar-refractivity contribution in [3.05, 3.63) is 6.92 Å². The lowest BCUT2D eigenvalue weighted by atomic mass is 10.1. The van der Waals surface area contributed by atoms with Gasteiger partial charge >= 0.3 is 0 Å². The molecular weight excluding hydrogens is 95.1 g/mol. The number of halogens is 1. The van der Waals surface area contributed by atoms with Gasteiger partial charge in [-0.25, -0.2) is 4.39 Å². The van der Waals surface area contributed by atoms with Gasteiger partial charge in [0.15, 0.2) is 0 Å². The molecule has 0 rings (SSSR count). The summed E-state index contributed by atoms with van der Waals surface area (Å²) >= 11 is 0. The van der Waals surface area contributed by atoms with Crippen molar-refractivity contribution in [2.24, 2.45) is 0 Å². The fourth-order valence-electron chi connectivity index (χ4n) is 0.233. The van der Waals surface area contributed by atoms with E-state index in [0.717, 1.165) is 0 Å². The van der Waals surface area contributed by atoms with Gasteiger partial charge < -0.3 is 5.11 Å². The smallest absolute Gasteiger partial charge is 0.110 e. The van der Waals surface area contributed by atoms with Crippen molar-refractivity contribution in [1.82, 2.24) is 0 Å². The summed E-state index contributed by atoms with van der Waals surface area (Å²) in [5.74, 6) is 0. The Morgan fingerprint density at radius 3 is 2.29 bits per heavy atom. The summed E-state index contributed by atoms with van der Waals surface area (Å²) in [5, 5.41) is 8.12. The first-order valence-electron chi connectivity index (χ1n) is 2.21. The molecule has 7 heavy (non-hydrogen) atoms. The Kier molecular flexibility index (Phi) is 2.23. The number of alkyl halides is 1. The Hall–Kier alpha value is -0.110. The van der Waals surface area contributed by atoms with Crippen molar-refractivity contribution in [3.63, 3.8) is 0 Å². The molecule has 1 atom stereocenters. The number of aliphatic hydroxyl groups excluding tert-OH is 1. The Labute approximate surface area is 43.2 Å². The lowest BCUT2D eigenvalue weighted by Crippen LogP contribution is -2.13. The predicted molar refractivity (Wildman–Crippen MR) is 26.6 cm³/mol. The molecular formula is C5H10FO. The summed E-state index contributed by atoms with van der Waals surface area (Å²) in [6, 6.07) is 0. The lowest BCUT2D eigenvalue weighted by Gasteiger charge is -2.09. The van der Waals surface area contributed by atoms with Crippen LogP contribution in [0.1, 0.15) is 13.3 Å². The van der Waals surface area contributed by atoms with E-state index < -0.39 is 5.67 Å². The summed E-state index contributed by atoms with van der Waals surface area (Å²) in [6.45, 7) is 4.34. The zero-order valence-electron chi connectivity index (χ0n) is 4.45. The summed E-state index contributed by atoms with van der Waals surface area (Å²) in [5.41, 5.74) is -1.45. The third-order valence-corrected chi connectivity index (χ3v) is 0.633. The molecule has 0 amide bonds. The highest BCUT2D eigenvalue weighted by molar-refractivity contribution is 4.74. The Bertz CT molecular complexity index is 46.5. The molecule has 0 aromatic rings. The SMILES string of the molecule is [CH2]C(C)(F)CCO. The first kappa shape index (κ1) is 6.89. The van der Waals surface area contributed by atoms with E-state index in [1.807, 2.05) is 0 Å². The van der Waals surface area contributed by atoms with E-state index in [-0.39, 0.29) is 13.0 Å². The highest BCUT2D eigenvalue weighted by Crippen LogP contribution is 2.10. The number of rotatable bonds is 2. The van der Waals surface area contributed by atoms with Crippen LogP contribution in [0.2, 0.25) is 0 Å². The first-order chi connectivity index (χ1) is 3.06. The zero-order valence-corrected chi connectivity index (χ0v) is 4.45. The number of hydrogen-bond donors (Lipinski definition) is 1. The normalized spacial score (nSPS) is 12.0. The van der Waals surface area contributed by atoms with Crippen molar-refractivity contribution < 1.29 is 9.50 Å². The number of aliphatic hydroxyl groups is 1. The van der Waals surface area contributed by atoms with Crippen molar-refractivity contribution in [2.45, 2.75) is 19.0 Å². The van der Waals surface area contributed by atoms with Crippen LogP contribution in [-0.4, -0.2) is 17.4 Å². The average molecular weight is 105 g/mol. The van der Waals surface area contributed by atoms with Gasteiger partial charge in [0.05, 0.1) is 0 Å². The highest BCUT2D eigenvalue weighted by atomic mass is 19.1. The second-order valence-electron chi connectivity index (χ2n) is 1.89. The molecule has 0 aliphatic carbocycles. The van der Waals surface area contributed by atoms with Gasteiger partial charge in [-0.05, 0) is 13.8 Å². The zero-order chi connectivity index (χ0) is 5.91. The maximum absolute atomic E-state index is 12.1. The number of hydrogen-bond acceptors (Lipinski definition) is 1. The molecule has 1 nitrogen and oxygen atoms in total. The first-order valence-corrected chi connectivity index (χ1v) is 2.21. The van der Waals surface area contributed by atoms with E-state index in [4.69, 9.17) is 5.11 Å². The quantitative estimate of drug-likeness (QED) is 0.554. The minimum absolute atomic E-state index is 0.118. The van der Waals surface area contributed by atoms with Gasteiger partial charge in [-0.15, -0.1) is 0 Å². The van der Waals surface area contributed by atoms with E-state index in [0.29, 0.717) is 0 Å². The van der Waals surface area contributed by atoms with Crippen molar-refractivity contribution in [2.75, 3.05) is 6.61 Å². The molecule has 0 bridgehead atoms. The van der Waals surface area contributed by atoms with Crippen molar-refractivity contribution in [1.29, 1.82) is 0 Å². The van der Waals surface area contributed by atoms with E-state index in [9.17, 15) is 4.39 Å². The van der Waals surface area contributed by atoms with E-state index >= 15 is 0 Å². The van der Waals surface area contributed by atoms with Crippen molar-refractivity contribution in [3.8, 4) is 0 Å². The molecule has 0 saturated carbocycles.